The number of carboxylic acids is 1. The molecule has 4 nitrogen and oxygen atoms in total. The Morgan fingerprint density at radius 3 is 2.64 bits per heavy atom. The minimum absolute atomic E-state index is 0.00227. The number of nitrogens with zero attached hydrogens (tertiary/aromatic N) is 1. The Balaban J connectivity index is 2.50. The Hall–Kier alpha value is -0.610. The predicted octanol–water partition coefficient (Wildman–Crippen LogP) is 0.552. The standard InChI is InChI=1S/C10H19NO3/c1-7(10(13)14)8(2)11-5-3-4-9(12)6-11/h7-9,12H,3-6H2,1-2H3,(H,13,14)/t7?,8?,9-/m0/s1. The van der Waals surface area contributed by atoms with Crippen molar-refractivity contribution in [3.8, 4) is 0 Å². The van der Waals surface area contributed by atoms with Crippen molar-refractivity contribution in [2.24, 2.45) is 5.92 Å². The molecule has 2 N–H and O–H groups in total. The molecule has 0 amide bonds. The van der Waals surface area contributed by atoms with Gasteiger partial charge in [0.25, 0.3) is 0 Å². The average Bonchev–Trinajstić information content (AvgIpc) is 2.15. The number of rotatable bonds is 3. The topological polar surface area (TPSA) is 60.8 Å². The molecule has 4 heteroatoms. The van der Waals surface area contributed by atoms with Crippen molar-refractivity contribution in [1.82, 2.24) is 4.90 Å². The van der Waals surface area contributed by atoms with E-state index in [2.05, 4.69) is 4.90 Å². The van der Waals surface area contributed by atoms with Gasteiger partial charge >= 0.3 is 5.97 Å². The van der Waals surface area contributed by atoms with Crippen LogP contribution in [0.2, 0.25) is 0 Å². The molecule has 1 aliphatic rings. The van der Waals surface area contributed by atoms with Gasteiger partial charge in [-0.15, -0.1) is 0 Å². The Kier molecular flexibility index (Phi) is 3.89. The zero-order valence-corrected chi connectivity index (χ0v) is 8.81. The number of aliphatic carboxylic acids is 1. The first kappa shape index (κ1) is 11.5. The summed E-state index contributed by atoms with van der Waals surface area (Å²) in [5.41, 5.74) is 0. The second kappa shape index (κ2) is 4.75. The number of hydrogen-bond acceptors (Lipinski definition) is 3. The van der Waals surface area contributed by atoms with Gasteiger partial charge in [0.05, 0.1) is 12.0 Å². The highest BCUT2D eigenvalue weighted by atomic mass is 16.4. The molecule has 0 aromatic heterocycles. The summed E-state index contributed by atoms with van der Waals surface area (Å²) in [4.78, 5) is 12.8. The Morgan fingerprint density at radius 1 is 1.50 bits per heavy atom. The molecule has 14 heavy (non-hydrogen) atoms. The molecule has 1 rings (SSSR count). The normalized spacial score (nSPS) is 28.4. The quantitative estimate of drug-likeness (QED) is 0.700. The summed E-state index contributed by atoms with van der Waals surface area (Å²) in [5.74, 6) is -1.14. The van der Waals surface area contributed by atoms with Crippen LogP contribution in [0.5, 0.6) is 0 Å². The van der Waals surface area contributed by atoms with Crippen molar-refractivity contribution in [2.45, 2.75) is 38.8 Å². The van der Waals surface area contributed by atoms with E-state index in [9.17, 15) is 9.90 Å². The number of likely N-dealkylation sites (tertiary alicyclic amines) is 1. The summed E-state index contributed by atoms with van der Waals surface area (Å²) in [6.07, 6.45) is 1.51. The molecule has 0 aliphatic carbocycles. The summed E-state index contributed by atoms with van der Waals surface area (Å²) < 4.78 is 0. The third kappa shape index (κ3) is 2.69. The van der Waals surface area contributed by atoms with Crippen molar-refractivity contribution >= 4 is 5.97 Å². The van der Waals surface area contributed by atoms with E-state index in [1.807, 2.05) is 6.92 Å². The third-order valence-corrected chi connectivity index (χ3v) is 3.12. The molecule has 0 radical (unpaired) electrons. The molecule has 1 heterocycles. The van der Waals surface area contributed by atoms with Crippen LogP contribution in [0, 0.1) is 5.92 Å². The van der Waals surface area contributed by atoms with E-state index in [-0.39, 0.29) is 18.1 Å². The number of hydrogen-bond donors (Lipinski definition) is 2. The first-order chi connectivity index (χ1) is 6.52. The largest absolute Gasteiger partial charge is 0.481 e. The first-order valence-electron chi connectivity index (χ1n) is 5.17. The van der Waals surface area contributed by atoms with Crippen molar-refractivity contribution in [1.29, 1.82) is 0 Å². The maximum atomic E-state index is 10.8. The van der Waals surface area contributed by atoms with Gasteiger partial charge in [0.1, 0.15) is 0 Å². The van der Waals surface area contributed by atoms with E-state index < -0.39 is 5.97 Å². The molecule has 3 atom stereocenters. The third-order valence-electron chi connectivity index (χ3n) is 3.12. The Labute approximate surface area is 84.5 Å². The summed E-state index contributed by atoms with van der Waals surface area (Å²) >= 11 is 0. The molecule has 1 fully saturated rings. The Bertz CT molecular complexity index is 208. The minimum atomic E-state index is -0.766. The molecule has 0 saturated carbocycles. The highest BCUT2D eigenvalue weighted by Crippen LogP contribution is 2.17. The fraction of sp³-hybridized carbons (Fsp3) is 0.900. The number of carbonyl (C=O) groups is 1. The van der Waals surface area contributed by atoms with Gasteiger partial charge in [-0.1, -0.05) is 6.92 Å². The molecule has 1 saturated heterocycles. The van der Waals surface area contributed by atoms with E-state index in [0.29, 0.717) is 6.54 Å². The monoisotopic (exact) mass is 201 g/mol. The second-order valence-corrected chi connectivity index (χ2v) is 4.16. The Morgan fingerprint density at radius 2 is 2.14 bits per heavy atom. The van der Waals surface area contributed by atoms with Gasteiger partial charge in [0, 0.05) is 12.6 Å². The molecule has 1 aliphatic heterocycles. The lowest BCUT2D eigenvalue weighted by molar-refractivity contribution is -0.143. The lowest BCUT2D eigenvalue weighted by atomic mass is 9.98. The van der Waals surface area contributed by atoms with E-state index in [0.717, 1.165) is 19.4 Å². The van der Waals surface area contributed by atoms with Crippen LogP contribution in [0.25, 0.3) is 0 Å². The molecule has 2 unspecified atom stereocenters. The first-order valence-corrected chi connectivity index (χ1v) is 5.17. The molecule has 0 aromatic rings. The van der Waals surface area contributed by atoms with Crippen LogP contribution >= 0.6 is 0 Å². The summed E-state index contributed by atoms with van der Waals surface area (Å²) in [6.45, 7) is 5.14. The van der Waals surface area contributed by atoms with Crippen LogP contribution in [-0.4, -0.2) is 46.3 Å². The van der Waals surface area contributed by atoms with Crippen LogP contribution in [0.1, 0.15) is 26.7 Å². The molecule has 0 aromatic carbocycles. The molecular formula is C10H19NO3. The number of aliphatic hydroxyl groups is 1. The number of β-amino-alcohol motifs (C(OH)–C–C–N with tert-alkyl or cyclic N) is 1. The van der Waals surface area contributed by atoms with Crippen LogP contribution in [-0.2, 0) is 4.79 Å². The smallest absolute Gasteiger partial charge is 0.307 e. The second-order valence-electron chi connectivity index (χ2n) is 4.16. The lowest BCUT2D eigenvalue weighted by Crippen LogP contribution is -2.47. The van der Waals surface area contributed by atoms with Gasteiger partial charge in [0.15, 0.2) is 0 Å². The summed E-state index contributed by atoms with van der Waals surface area (Å²) in [6, 6.07) is 0.00227. The fourth-order valence-electron chi connectivity index (χ4n) is 1.88. The van der Waals surface area contributed by atoms with Crippen molar-refractivity contribution in [3.05, 3.63) is 0 Å². The number of aliphatic hydroxyl groups excluding tert-OH is 1. The number of piperidine rings is 1. The average molecular weight is 201 g/mol. The van der Waals surface area contributed by atoms with E-state index in [4.69, 9.17) is 5.11 Å². The van der Waals surface area contributed by atoms with E-state index in [1.165, 1.54) is 0 Å². The van der Waals surface area contributed by atoms with E-state index >= 15 is 0 Å². The van der Waals surface area contributed by atoms with Gasteiger partial charge in [-0.05, 0) is 26.3 Å². The maximum Gasteiger partial charge on any atom is 0.307 e. The zero-order chi connectivity index (χ0) is 10.7. The van der Waals surface area contributed by atoms with Crippen LogP contribution in [0.15, 0.2) is 0 Å². The maximum absolute atomic E-state index is 10.8. The van der Waals surface area contributed by atoms with Crippen molar-refractivity contribution in [2.75, 3.05) is 13.1 Å². The SMILES string of the molecule is CC(C(=O)O)C(C)N1CCC[C@H](O)C1. The lowest BCUT2D eigenvalue weighted by Gasteiger charge is -2.36. The van der Waals surface area contributed by atoms with Gasteiger partial charge < -0.3 is 10.2 Å². The van der Waals surface area contributed by atoms with Crippen LogP contribution in [0.3, 0.4) is 0 Å². The van der Waals surface area contributed by atoms with Gasteiger partial charge in [-0.25, -0.2) is 0 Å². The molecule has 0 spiro atoms. The highest BCUT2D eigenvalue weighted by Gasteiger charge is 2.28. The zero-order valence-electron chi connectivity index (χ0n) is 8.81. The van der Waals surface area contributed by atoms with Crippen LogP contribution < -0.4 is 0 Å². The van der Waals surface area contributed by atoms with Crippen molar-refractivity contribution < 1.29 is 15.0 Å². The number of carboxylic acid groups (broad SMARTS) is 1. The van der Waals surface area contributed by atoms with Gasteiger partial charge in [-0.3, -0.25) is 9.69 Å². The highest BCUT2D eigenvalue weighted by molar-refractivity contribution is 5.70. The molecular weight excluding hydrogens is 182 g/mol. The molecule has 0 bridgehead atoms. The van der Waals surface area contributed by atoms with Gasteiger partial charge in [0.2, 0.25) is 0 Å². The minimum Gasteiger partial charge on any atom is -0.481 e. The van der Waals surface area contributed by atoms with Crippen LogP contribution in [0.4, 0.5) is 0 Å². The predicted molar refractivity (Wildman–Crippen MR) is 53.1 cm³/mol. The summed E-state index contributed by atoms with van der Waals surface area (Å²) in [5, 5.41) is 18.3. The van der Waals surface area contributed by atoms with Gasteiger partial charge in [-0.2, -0.15) is 0 Å². The fourth-order valence-corrected chi connectivity index (χ4v) is 1.88. The van der Waals surface area contributed by atoms with E-state index in [1.54, 1.807) is 6.92 Å². The molecule has 82 valence electrons. The van der Waals surface area contributed by atoms with Crippen molar-refractivity contribution in [3.63, 3.8) is 0 Å². The summed E-state index contributed by atoms with van der Waals surface area (Å²) in [7, 11) is 0.